The summed E-state index contributed by atoms with van der Waals surface area (Å²) in [7, 11) is 1.43. The third kappa shape index (κ3) is 2.69. The summed E-state index contributed by atoms with van der Waals surface area (Å²) >= 11 is 0. The second-order valence-electron chi connectivity index (χ2n) is 5.93. The molecule has 0 amide bonds. The third-order valence-electron chi connectivity index (χ3n) is 4.76. The highest BCUT2D eigenvalue weighted by Gasteiger charge is 2.44. The number of hydrogen-bond acceptors (Lipinski definition) is 4. The van der Waals surface area contributed by atoms with E-state index >= 15 is 0 Å². The van der Waals surface area contributed by atoms with Gasteiger partial charge < -0.3 is 15.4 Å². The van der Waals surface area contributed by atoms with E-state index in [1.165, 1.54) is 32.9 Å². The predicted molar refractivity (Wildman–Crippen MR) is 71.2 cm³/mol. The first kappa shape index (κ1) is 13.8. The number of carbonyl (C=O) groups excluding carboxylic acids is 1. The summed E-state index contributed by atoms with van der Waals surface area (Å²) in [6, 6.07) is 0.458. The predicted octanol–water partition coefficient (Wildman–Crippen LogP) is 1.53. The van der Waals surface area contributed by atoms with Crippen molar-refractivity contribution in [2.24, 2.45) is 11.7 Å². The van der Waals surface area contributed by atoms with E-state index in [0.717, 1.165) is 31.7 Å². The summed E-state index contributed by atoms with van der Waals surface area (Å²) < 4.78 is 4.83. The number of esters is 1. The van der Waals surface area contributed by atoms with Gasteiger partial charge in [-0.1, -0.05) is 13.3 Å². The van der Waals surface area contributed by atoms with Gasteiger partial charge in [0.25, 0.3) is 0 Å². The van der Waals surface area contributed by atoms with Crippen molar-refractivity contribution in [2.45, 2.75) is 57.0 Å². The van der Waals surface area contributed by atoms with E-state index in [2.05, 4.69) is 11.8 Å². The van der Waals surface area contributed by atoms with Crippen LogP contribution < -0.4 is 5.73 Å². The highest BCUT2D eigenvalue weighted by molar-refractivity contribution is 5.81. The summed E-state index contributed by atoms with van der Waals surface area (Å²) in [5.41, 5.74) is 5.43. The summed E-state index contributed by atoms with van der Waals surface area (Å²) in [5, 5.41) is 0. The Balaban J connectivity index is 1.91. The van der Waals surface area contributed by atoms with Crippen molar-refractivity contribution in [1.29, 1.82) is 0 Å². The van der Waals surface area contributed by atoms with Crippen LogP contribution in [-0.2, 0) is 9.53 Å². The average Bonchev–Trinajstić information content (AvgIpc) is 2.71. The Morgan fingerprint density at radius 3 is 2.67 bits per heavy atom. The number of ether oxygens (including phenoxy) is 1. The molecule has 4 heteroatoms. The maximum atomic E-state index is 11.7. The molecule has 0 bridgehead atoms. The van der Waals surface area contributed by atoms with Gasteiger partial charge in [-0.2, -0.15) is 0 Å². The van der Waals surface area contributed by atoms with Crippen molar-refractivity contribution in [3.63, 3.8) is 0 Å². The van der Waals surface area contributed by atoms with Crippen LogP contribution in [-0.4, -0.2) is 42.6 Å². The quantitative estimate of drug-likeness (QED) is 0.756. The fraction of sp³-hybridized carbons (Fsp3) is 0.929. The van der Waals surface area contributed by atoms with Crippen molar-refractivity contribution in [1.82, 2.24) is 4.90 Å². The molecule has 104 valence electrons. The number of hydrogen-bond donors (Lipinski definition) is 1. The van der Waals surface area contributed by atoms with Gasteiger partial charge in [-0.05, 0) is 44.6 Å². The summed E-state index contributed by atoms with van der Waals surface area (Å²) in [6.45, 7) is 4.43. The highest BCUT2D eigenvalue weighted by atomic mass is 16.5. The minimum atomic E-state index is -0.744. The summed E-state index contributed by atoms with van der Waals surface area (Å²) in [5.74, 6) is 0.626. The van der Waals surface area contributed by atoms with Gasteiger partial charge in [0.2, 0.25) is 0 Å². The molecule has 2 fully saturated rings. The molecule has 0 spiro atoms. The lowest BCUT2D eigenvalue weighted by atomic mass is 9.84. The fourth-order valence-corrected chi connectivity index (χ4v) is 3.29. The molecule has 0 heterocycles. The molecule has 2 aliphatic carbocycles. The molecule has 0 radical (unpaired) electrons. The SMILES string of the molecule is CCN(CC1CCC1)C1CCC(N)(C(=O)OC)C1. The standard InChI is InChI=1S/C14H26N2O2/c1-3-16(10-11-5-4-6-11)12-7-8-14(15,9-12)13(17)18-2/h11-12H,3-10,15H2,1-2H3. The van der Waals surface area contributed by atoms with Crippen LogP contribution in [0.1, 0.15) is 45.4 Å². The van der Waals surface area contributed by atoms with Crippen LogP contribution >= 0.6 is 0 Å². The molecule has 2 aliphatic rings. The highest BCUT2D eigenvalue weighted by Crippen LogP contribution is 2.34. The van der Waals surface area contributed by atoms with Gasteiger partial charge in [-0.25, -0.2) is 0 Å². The van der Waals surface area contributed by atoms with Crippen LogP contribution in [0.2, 0.25) is 0 Å². The fourth-order valence-electron chi connectivity index (χ4n) is 3.29. The van der Waals surface area contributed by atoms with Gasteiger partial charge >= 0.3 is 5.97 Å². The first-order valence-corrected chi connectivity index (χ1v) is 7.20. The lowest BCUT2D eigenvalue weighted by Gasteiger charge is -2.35. The molecule has 18 heavy (non-hydrogen) atoms. The van der Waals surface area contributed by atoms with Gasteiger partial charge in [0, 0.05) is 12.6 Å². The molecule has 2 unspecified atom stereocenters. The maximum absolute atomic E-state index is 11.7. The summed E-state index contributed by atoms with van der Waals surface area (Å²) in [4.78, 5) is 14.2. The minimum absolute atomic E-state index is 0.246. The van der Waals surface area contributed by atoms with Gasteiger partial charge in [0.1, 0.15) is 5.54 Å². The van der Waals surface area contributed by atoms with Gasteiger partial charge in [-0.15, -0.1) is 0 Å². The van der Waals surface area contributed by atoms with Gasteiger partial charge in [0.15, 0.2) is 0 Å². The normalized spacial score (nSPS) is 32.6. The first-order chi connectivity index (χ1) is 8.59. The monoisotopic (exact) mass is 254 g/mol. The molecule has 4 nitrogen and oxygen atoms in total. The van der Waals surface area contributed by atoms with Crippen molar-refractivity contribution in [3.05, 3.63) is 0 Å². The molecular formula is C14H26N2O2. The topological polar surface area (TPSA) is 55.6 Å². The Kier molecular flexibility index (Phi) is 4.28. The molecule has 0 aromatic heterocycles. The van der Waals surface area contributed by atoms with Crippen molar-refractivity contribution in [2.75, 3.05) is 20.2 Å². The van der Waals surface area contributed by atoms with Crippen LogP contribution in [0.4, 0.5) is 0 Å². The molecule has 2 atom stereocenters. The minimum Gasteiger partial charge on any atom is -0.468 e. The second kappa shape index (κ2) is 5.57. The Hall–Kier alpha value is -0.610. The Morgan fingerprint density at radius 2 is 2.17 bits per heavy atom. The number of nitrogens with zero attached hydrogens (tertiary/aromatic N) is 1. The van der Waals surface area contributed by atoms with Crippen molar-refractivity contribution >= 4 is 5.97 Å². The van der Waals surface area contributed by atoms with Gasteiger partial charge in [-0.3, -0.25) is 4.79 Å². The smallest absolute Gasteiger partial charge is 0.325 e. The maximum Gasteiger partial charge on any atom is 0.325 e. The van der Waals surface area contributed by atoms with Crippen LogP contribution in [0.15, 0.2) is 0 Å². The van der Waals surface area contributed by atoms with Crippen LogP contribution in [0, 0.1) is 5.92 Å². The second-order valence-corrected chi connectivity index (χ2v) is 5.93. The zero-order valence-electron chi connectivity index (χ0n) is 11.7. The van der Waals surface area contributed by atoms with E-state index in [-0.39, 0.29) is 5.97 Å². The number of nitrogens with two attached hydrogens (primary N) is 1. The molecule has 0 saturated heterocycles. The van der Waals surface area contributed by atoms with Crippen LogP contribution in [0.25, 0.3) is 0 Å². The summed E-state index contributed by atoms with van der Waals surface area (Å²) in [6.07, 6.45) is 6.65. The first-order valence-electron chi connectivity index (χ1n) is 7.20. The number of carbonyl (C=O) groups is 1. The van der Waals surface area contributed by atoms with E-state index in [9.17, 15) is 4.79 Å². The molecule has 2 rings (SSSR count). The average molecular weight is 254 g/mol. The van der Waals surface area contributed by atoms with E-state index in [4.69, 9.17) is 10.5 Å². The largest absolute Gasteiger partial charge is 0.468 e. The molecule has 2 saturated carbocycles. The molecular weight excluding hydrogens is 228 g/mol. The van der Waals surface area contributed by atoms with Crippen LogP contribution in [0.3, 0.4) is 0 Å². The van der Waals surface area contributed by atoms with Crippen molar-refractivity contribution < 1.29 is 9.53 Å². The Bertz CT molecular complexity index is 304. The van der Waals surface area contributed by atoms with Crippen molar-refractivity contribution in [3.8, 4) is 0 Å². The third-order valence-corrected chi connectivity index (χ3v) is 4.76. The number of methoxy groups -OCH3 is 1. The van der Waals surface area contributed by atoms with E-state index in [1.54, 1.807) is 0 Å². The van der Waals surface area contributed by atoms with E-state index in [0.29, 0.717) is 6.04 Å². The van der Waals surface area contributed by atoms with E-state index in [1.807, 2.05) is 0 Å². The lowest BCUT2D eigenvalue weighted by molar-refractivity contribution is -0.147. The molecule has 0 aliphatic heterocycles. The molecule has 2 N–H and O–H groups in total. The lowest BCUT2D eigenvalue weighted by Crippen LogP contribution is -2.48. The Morgan fingerprint density at radius 1 is 1.44 bits per heavy atom. The van der Waals surface area contributed by atoms with Gasteiger partial charge in [0.05, 0.1) is 7.11 Å². The molecule has 0 aromatic carbocycles. The van der Waals surface area contributed by atoms with E-state index < -0.39 is 5.54 Å². The Labute approximate surface area is 110 Å². The zero-order valence-corrected chi connectivity index (χ0v) is 11.7. The molecule has 0 aromatic rings. The zero-order chi connectivity index (χ0) is 13.2. The van der Waals surface area contributed by atoms with Crippen LogP contribution in [0.5, 0.6) is 0 Å². The number of rotatable bonds is 5.